The largest absolute Gasteiger partial charge is 0.416 e. The second-order valence-corrected chi connectivity index (χ2v) is 6.47. The van der Waals surface area contributed by atoms with E-state index in [0.29, 0.717) is 28.1 Å². The van der Waals surface area contributed by atoms with E-state index < -0.39 is 11.7 Å². The van der Waals surface area contributed by atoms with Gasteiger partial charge in [-0.1, -0.05) is 46.3 Å². The van der Waals surface area contributed by atoms with Crippen LogP contribution in [-0.4, -0.2) is 29.1 Å². The van der Waals surface area contributed by atoms with Crippen LogP contribution < -0.4 is 5.43 Å². The number of hydrogen-bond donors (Lipinski definition) is 1. The van der Waals surface area contributed by atoms with Crippen molar-refractivity contribution in [3.05, 3.63) is 65.2 Å². The lowest BCUT2D eigenvalue weighted by Crippen LogP contribution is -2.22. The van der Waals surface area contributed by atoms with Crippen LogP contribution in [0.15, 0.2) is 63.6 Å². The van der Waals surface area contributed by atoms with Crippen LogP contribution in [0.25, 0.3) is 0 Å². The van der Waals surface area contributed by atoms with Crippen LogP contribution in [0.4, 0.5) is 18.9 Å². The van der Waals surface area contributed by atoms with Crippen molar-refractivity contribution in [2.24, 2.45) is 15.1 Å². The molecule has 1 N–H and O–H groups in total. The van der Waals surface area contributed by atoms with Crippen molar-refractivity contribution in [3.8, 4) is 0 Å². The number of halogens is 4. The molecule has 0 atom stereocenters. The van der Waals surface area contributed by atoms with Crippen LogP contribution in [0.2, 0.25) is 0 Å². The Morgan fingerprint density at radius 3 is 2.59 bits per heavy atom. The number of nitrogens with zero attached hydrogens (tertiary/aromatic N) is 3. The number of benzene rings is 2. The molecule has 1 heterocycles. The molecule has 4 nitrogen and oxygen atoms in total. The molecule has 0 saturated carbocycles. The molecule has 0 saturated heterocycles. The predicted molar refractivity (Wildman–Crippen MR) is 106 cm³/mol. The molecule has 0 aliphatic carbocycles. The number of rotatable bonds is 3. The lowest BCUT2D eigenvalue weighted by molar-refractivity contribution is -0.137. The Morgan fingerprint density at radius 1 is 1.19 bits per heavy atom. The number of hydrazone groups is 1. The maximum absolute atomic E-state index is 13.2. The molecule has 0 unspecified atom stereocenters. The van der Waals surface area contributed by atoms with E-state index in [-0.39, 0.29) is 6.54 Å². The fourth-order valence-corrected chi connectivity index (χ4v) is 2.64. The minimum Gasteiger partial charge on any atom is -0.276 e. The average molecular weight is 437 g/mol. The Kier molecular flexibility index (Phi) is 5.74. The van der Waals surface area contributed by atoms with Crippen molar-refractivity contribution < 1.29 is 13.2 Å². The van der Waals surface area contributed by atoms with Crippen molar-refractivity contribution in [1.29, 1.82) is 0 Å². The van der Waals surface area contributed by atoms with E-state index in [1.54, 1.807) is 0 Å². The maximum atomic E-state index is 13.2. The van der Waals surface area contributed by atoms with Crippen molar-refractivity contribution in [1.82, 2.24) is 5.43 Å². The van der Waals surface area contributed by atoms with Gasteiger partial charge in [-0.15, -0.1) is 0 Å². The van der Waals surface area contributed by atoms with Gasteiger partial charge in [0, 0.05) is 22.2 Å². The molecule has 27 heavy (non-hydrogen) atoms. The molecule has 0 aromatic heterocycles. The maximum Gasteiger partial charge on any atom is 0.416 e. The highest BCUT2D eigenvalue weighted by Crippen LogP contribution is 2.34. The number of nitrogens with one attached hydrogen (secondary N) is 1. The van der Waals surface area contributed by atoms with Gasteiger partial charge in [0.15, 0.2) is 0 Å². The third-order valence-electron chi connectivity index (χ3n) is 3.84. The lowest BCUT2D eigenvalue weighted by Gasteiger charge is -2.12. The van der Waals surface area contributed by atoms with Crippen molar-refractivity contribution in [3.63, 3.8) is 0 Å². The Bertz CT molecular complexity index is 918. The van der Waals surface area contributed by atoms with Crippen LogP contribution in [0.1, 0.15) is 23.6 Å². The van der Waals surface area contributed by atoms with E-state index in [2.05, 4.69) is 36.4 Å². The van der Waals surface area contributed by atoms with Crippen molar-refractivity contribution >= 4 is 38.9 Å². The van der Waals surface area contributed by atoms with Gasteiger partial charge in [-0.05, 0) is 25.1 Å². The van der Waals surface area contributed by atoms with E-state index in [0.717, 1.165) is 23.4 Å². The number of aliphatic imine (C=N–C) groups is 2. The van der Waals surface area contributed by atoms with E-state index in [9.17, 15) is 13.2 Å². The monoisotopic (exact) mass is 436 g/mol. The molecule has 0 bridgehead atoms. The second kappa shape index (κ2) is 8.04. The Labute approximate surface area is 163 Å². The Morgan fingerprint density at radius 2 is 1.93 bits per heavy atom. The first-order valence-corrected chi connectivity index (χ1v) is 9.25. The molecular formula is C19H16BrF3N4. The molecule has 140 valence electrons. The summed E-state index contributed by atoms with van der Waals surface area (Å²) in [6, 6.07) is 12.6. The molecule has 2 aromatic rings. The van der Waals surface area contributed by atoms with Crippen LogP contribution in [0.5, 0.6) is 0 Å². The summed E-state index contributed by atoms with van der Waals surface area (Å²) in [5, 5.41) is 4.77. The van der Waals surface area contributed by atoms with Crippen LogP contribution in [0, 0.1) is 0 Å². The first-order valence-electron chi connectivity index (χ1n) is 8.12. The zero-order valence-corrected chi connectivity index (χ0v) is 16.0. The van der Waals surface area contributed by atoms with Gasteiger partial charge in [-0.2, -0.15) is 18.3 Å². The summed E-state index contributed by atoms with van der Waals surface area (Å²) < 4.78 is 39.6. The minimum atomic E-state index is -4.44. The summed E-state index contributed by atoms with van der Waals surface area (Å²) >= 11 is 3.30. The Balaban J connectivity index is 2.10. The highest BCUT2D eigenvalue weighted by Gasteiger charge is 2.32. The smallest absolute Gasteiger partial charge is 0.276 e. The summed E-state index contributed by atoms with van der Waals surface area (Å²) in [7, 11) is 0. The number of hydrogen-bond acceptors (Lipinski definition) is 4. The second-order valence-electron chi connectivity index (χ2n) is 5.91. The minimum absolute atomic E-state index is 0.180. The molecular weight excluding hydrogens is 421 g/mol. The first-order chi connectivity index (χ1) is 12.9. The molecule has 1 aliphatic heterocycles. The molecule has 3 rings (SSSR count). The van der Waals surface area contributed by atoms with E-state index >= 15 is 0 Å². The SMILES string of the molecule is CC(CBr)=NNC1=Nc2ccc(C(F)(F)F)cc2C(c2ccccc2)=NC1. The standard InChI is InChI=1S/C19H16BrF3N4/c1-12(10-20)26-27-17-11-24-18(13-5-3-2-4-6-13)15-9-14(19(21,22)23)7-8-16(15)25-17/h2-9H,10-11H2,1H3,(H,25,27). The summed E-state index contributed by atoms with van der Waals surface area (Å²) in [6.45, 7) is 2.01. The topological polar surface area (TPSA) is 49.1 Å². The average Bonchev–Trinajstić information content (AvgIpc) is 2.84. The summed E-state index contributed by atoms with van der Waals surface area (Å²) in [5.74, 6) is 0.460. The van der Waals surface area contributed by atoms with Gasteiger partial charge in [0.05, 0.1) is 23.5 Å². The van der Waals surface area contributed by atoms with Crippen LogP contribution >= 0.6 is 15.9 Å². The fraction of sp³-hybridized carbons (Fsp3) is 0.211. The fourth-order valence-electron chi connectivity index (χ4n) is 2.51. The summed E-state index contributed by atoms with van der Waals surface area (Å²) in [6.07, 6.45) is -4.44. The van der Waals surface area contributed by atoms with Gasteiger partial charge < -0.3 is 0 Å². The van der Waals surface area contributed by atoms with Crippen molar-refractivity contribution in [2.45, 2.75) is 13.1 Å². The van der Waals surface area contributed by atoms with Gasteiger partial charge in [0.2, 0.25) is 0 Å². The molecule has 0 radical (unpaired) electrons. The summed E-state index contributed by atoms with van der Waals surface area (Å²) in [4.78, 5) is 8.96. The molecule has 2 aromatic carbocycles. The normalized spacial score (nSPS) is 14.8. The molecule has 8 heteroatoms. The van der Waals surface area contributed by atoms with Crippen molar-refractivity contribution in [2.75, 3.05) is 11.9 Å². The Hall–Kier alpha value is -2.48. The summed E-state index contributed by atoms with van der Waals surface area (Å²) in [5.41, 5.74) is 4.88. The first kappa shape index (κ1) is 19.3. The van der Waals surface area contributed by atoms with E-state index in [4.69, 9.17) is 0 Å². The van der Waals surface area contributed by atoms with E-state index in [1.807, 2.05) is 37.3 Å². The number of amidine groups is 1. The third-order valence-corrected chi connectivity index (χ3v) is 4.65. The highest BCUT2D eigenvalue weighted by atomic mass is 79.9. The van der Waals surface area contributed by atoms with Gasteiger partial charge in [0.1, 0.15) is 5.84 Å². The number of alkyl halides is 4. The molecule has 0 spiro atoms. The highest BCUT2D eigenvalue weighted by molar-refractivity contribution is 9.09. The van der Waals surface area contributed by atoms with Crippen LogP contribution in [0.3, 0.4) is 0 Å². The van der Waals surface area contributed by atoms with Gasteiger partial charge in [-0.25, -0.2) is 4.99 Å². The lowest BCUT2D eigenvalue weighted by atomic mass is 9.98. The molecule has 0 amide bonds. The number of fused-ring (bicyclic) bond motifs is 1. The predicted octanol–water partition coefficient (Wildman–Crippen LogP) is 4.95. The molecule has 1 aliphatic rings. The van der Waals surface area contributed by atoms with Gasteiger partial charge in [0.25, 0.3) is 0 Å². The quantitative estimate of drug-likeness (QED) is 0.413. The van der Waals surface area contributed by atoms with E-state index in [1.165, 1.54) is 6.07 Å². The van der Waals surface area contributed by atoms with Crippen LogP contribution in [-0.2, 0) is 6.18 Å². The zero-order chi connectivity index (χ0) is 19.4. The zero-order valence-electron chi connectivity index (χ0n) is 14.4. The van der Waals surface area contributed by atoms with Gasteiger partial charge in [-0.3, -0.25) is 10.4 Å². The molecule has 0 fully saturated rings. The van der Waals surface area contributed by atoms with Gasteiger partial charge >= 0.3 is 6.18 Å². The third kappa shape index (κ3) is 4.63.